The molecule has 2 aliphatic rings. The number of aromatic nitrogens is 4. The third-order valence-corrected chi connectivity index (χ3v) is 6.29. The number of nitrogens with zero attached hydrogens (tertiary/aromatic N) is 5. The molecule has 1 aliphatic heterocycles. The van der Waals surface area contributed by atoms with Crippen LogP contribution in [-0.2, 0) is 18.4 Å². The second kappa shape index (κ2) is 7.48. The lowest BCUT2D eigenvalue weighted by Crippen LogP contribution is -2.55. The van der Waals surface area contributed by atoms with Gasteiger partial charge in [-0.05, 0) is 11.8 Å². The largest absolute Gasteiger partial charge is 0.390 e. The minimum absolute atomic E-state index is 0.0724. The fourth-order valence-electron chi connectivity index (χ4n) is 4.69. The zero-order chi connectivity index (χ0) is 19.8. The summed E-state index contributed by atoms with van der Waals surface area (Å²) >= 11 is 0. The molecule has 2 aromatic rings. The van der Waals surface area contributed by atoms with E-state index < -0.39 is 18.1 Å². The van der Waals surface area contributed by atoms with Crippen LogP contribution in [0.3, 0.4) is 0 Å². The molecule has 0 aromatic carbocycles. The lowest BCUT2D eigenvalue weighted by atomic mass is 9.65. The van der Waals surface area contributed by atoms with Crippen molar-refractivity contribution in [2.45, 2.75) is 25.7 Å². The molecule has 1 saturated carbocycles. The highest BCUT2D eigenvalue weighted by molar-refractivity contribution is 5.79. The van der Waals surface area contributed by atoms with Crippen molar-refractivity contribution in [1.82, 2.24) is 24.8 Å². The molecule has 1 amide bonds. The van der Waals surface area contributed by atoms with Gasteiger partial charge in [-0.2, -0.15) is 0 Å². The lowest BCUT2D eigenvalue weighted by Gasteiger charge is -2.43. The Hall–Kier alpha value is -2.52. The van der Waals surface area contributed by atoms with E-state index in [9.17, 15) is 15.0 Å². The summed E-state index contributed by atoms with van der Waals surface area (Å²) in [5, 5.41) is 24.2. The number of amides is 1. The highest BCUT2D eigenvalue weighted by atomic mass is 16.3. The van der Waals surface area contributed by atoms with Crippen LogP contribution in [0, 0.1) is 23.7 Å². The number of aryl methyl sites for hydroxylation is 1. The number of hydrogen-bond acceptors (Lipinski definition) is 7. The van der Waals surface area contributed by atoms with Crippen LogP contribution in [0.15, 0.2) is 31.0 Å². The molecule has 28 heavy (non-hydrogen) atoms. The van der Waals surface area contributed by atoms with Crippen LogP contribution < -0.4 is 10.2 Å². The van der Waals surface area contributed by atoms with Gasteiger partial charge in [0.2, 0.25) is 5.91 Å². The highest BCUT2D eigenvalue weighted by Gasteiger charge is 2.54. The Morgan fingerprint density at radius 1 is 1.18 bits per heavy atom. The molecule has 4 rings (SSSR count). The van der Waals surface area contributed by atoms with Gasteiger partial charge in [-0.1, -0.05) is 6.92 Å². The van der Waals surface area contributed by atoms with Gasteiger partial charge in [0, 0.05) is 56.8 Å². The van der Waals surface area contributed by atoms with Gasteiger partial charge in [0.25, 0.3) is 0 Å². The average molecular weight is 386 g/mol. The fourth-order valence-corrected chi connectivity index (χ4v) is 4.69. The van der Waals surface area contributed by atoms with Crippen molar-refractivity contribution in [3.8, 4) is 0 Å². The zero-order valence-corrected chi connectivity index (χ0v) is 16.0. The molecule has 3 N–H and O–H groups in total. The van der Waals surface area contributed by atoms with Crippen molar-refractivity contribution >= 4 is 11.7 Å². The predicted molar refractivity (Wildman–Crippen MR) is 101 cm³/mol. The van der Waals surface area contributed by atoms with Gasteiger partial charge in [0.15, 0.2) is 0 Å². The molecule has 6 atom stereocenters. The Bertz CT molecular complexity index is 828. The molecular formula is C19H26N6O3. The van der Waals surface area contributed by atoms with E-state index in [0.717, 1.165) is 11.6 Å². The number of hydrogen-bond donors (Lipinski definition) is 3. The fraction of sp³-hybridized carbons (Fsp3) is 0.579. The SMILES string of the molecule is C[C@H]1[C@H](O)[C@@H](O)[C@H]2CN(c3cnccn3)C[C@@H]2[C@H]1C(=O)NCc1nccn1C. The van der Waals surface area contributed by atoms with Crippen molar-refractivity contribution in [3.05, 3.63) is 36.8 Å². The van der Waals surface area contributed by atoms with E-state index in [1.807, 2.05) is 29.6 Å². The minimum Gasteiger partial charge on any atom is -0.390 e. The van der Waals surface area contributed by atoms with Crippen LogP contribution >= 0.6 is 0 Å². The summed E-state index contributed by atoms with van der Waals surface area (Å²) in [5.74, 6) is 0.357. The van der Waals surface area contributed by atoms with Crippen LogP contribution in [0.25, 0.3) is 0 Å². The maximum atomic E-state index is 13.1. The van der Waals surface area contributed by atoms with E-state index in [0.29, 0.717) is 19.6 Å². The number of carbonyl (C=O) groups is 1. The summed E-state index contributed by atoms with van der Waals surface area (Å²) in [6.45, 7) is 3.30. The molecule has 1 saturated heterocycles. The first-order valence-electron chi connectivity index (χ1n) is 9.58. The molecule has 9 nitrogen and oxygen atoms in total. The predicted octanol–water partition coefficient (Wildman–Crippen LogP) is -0.433. The number of imidazole rings is 1. The Kier molecular flexibility index (Phi) is 5.03. The first kappa shape index (κ1) is 18.8. The molecule has 150 valence electrons. The van der Waals surface area contributed by atoms with E-state index in [-0.39, 0.29) is 23.7 Å². The molecular weight excluding hydrogens is 360 g/mol. The minimum atomic E-state index is -0.938. The summed E-state index contributed by atoms with van der Waals surface area (Å²) in [4.78, 5) is 27.8. The second-order valence-corrected chi connectivity index (χ2v) is 7.83. The molecule has 1 aliphatic carbocycles. The van der Waals surface area contributed by atoms with E-state index >= 15 is 0 Å². The topological polar surface area (TPSA) is 116 Å². The Balaban J connectivity index is 1.53. The Labute approximate surface area is 163 Å². The number of fused-ring (bicyclic) bond motifs is 1. The van der Waals surface area contributed by atoms with Crippen LogP contribution in [-0.4, -0.2) is 60.9 Å². The Morgan fingerprint density at radius 2 is 1.96 bits per heavy atom. The van der Waals surface area contributed by atoms with Gasteiger partial charge >= 0.3 is 0 Å². The zero-order valence-electron chi connectivity index (χ0n) is 16.0. The van der Waals surface area contributed by atoms with Gasteiger partial charge in [0.05, 0.1) is 24.9 Å². The van der Waals surface area contributed by atoms with Crippen molar-refractivity contribution < 1.29 is 15.0 Å². The van der Waals surface area contributed by atoms with Crippen molar-refractivity contribution in [3.63, 3.8) is 0 Å². The molecule has 0 spiro atoms. The van der Waals surface area contributed by atoms with Gasteiger partial charge in [0.1, 0.15) is 11.6 Å². The molecule has 2 aromatic heterocycles. The summed E-state index contributed by atoms with van der Waals surface area (Å²) in [5.41, 5.74) is 0. The molecule has 9 heteroatoms. The first-order valence-corrected chi connectivity index (χ1v) is 9.58. The number of aliphatic hydroxyl groups excluding tert-OH is 2. The second-order valence-electron chi connectivity index (χ2n) is 7.83. The number of aliphatic hydroxyl groups is 2. The van der Waals surface area contributed by atoms with Crippen LogP contribution in [0.4, 0.5) is 5.82 Å². The molecule has 0 unspecified atom stereocenters. The van der Waals surface area contributed by atoms with Gasteiger partial charge < -0.3 is 25.0 Å². The van der Waals surface area contributed by atoms with Gasteiger partial charge in [-0.15, -0.1) is 0 Å². The summed E-state index contributed by atoms with van der Waals surface area (Å²) < 4.78 is 1.86. The number of carbonyl (C=O) groups excluding carboxylic acids is 1. The summed E-state index contributed by atoms with van der Waals surface area (Å²) in [7, 11) is 1.88. The summed E-state index contributed by atoms with van der Waals surface area (Å²) in [6, 6.07) is 0. The standard InChI is InChI=1S/C19H26N6O3/c1-11-16(19(28)23-8-14-22-5-6-24(14)2)12-9-25(15-7-20-3-4-21-15)10-13(12)18(27)17(11)26/h3-7,11-13,16-18,26-27H,8-10H2,1-2H3,(H,23,28)/t11-,12+,13+,16+,17+,18+/m1/s1. The number of nitrogens with one attached hydrogen (secondary N) is 1. The van der Waals surface area contributed by atoms with E-state index in [2.05, 4.69) is 20.3 Å². The highest BCUT2D eigenvalue weighted by Crippen LogP contribution is 2.44. The third-order valence-electron chi connectivity index (χ3n) is 6.29. The Morgan fingerprint density at radius 3 is 2.64 bits per heavy atom. The van der Waals surface area contributed by atoms with Crippen LogP contribution in [0.1, 0.15) is 12.7 Å². The van der Waals surface area contributed by atoms with E-state index in [1.165, 1.54) is 0 Å². The first-order chi connectivity index (χ1) is 13.5. The smallest absolute Gasteiger partial charge is 0.224 e. The quantitative estimate of drug-likeness (QED) is 0.653. The van der Waals surface area contributed by atoms with E-state index in [1.54, 1.807) is 24.8 Å². The van der Waals surface area contributed by atoms with Gasteiger partial charge in [-0.25, -0.2) is 9.97 Å². The van der Waals surface area contributed by atoms with Crippen molar-refractivity contribution in [2.24, 2.45) is 30.7 Å². The normalized spacial score (nSPS) is 32.2. The third kappa shape index (κ3) is 3.24. The average Bonchev–Trinajstić information content (AvgIpc) is 3.32. The maximum absolute atomic E-state index is 13.1. The number of anilines is 1. The molecule has 0 bridgehead atoms. The maximum Gasteiger partial charge on any atom is 0.224 e. The molecule has 3 heterocycles. The van der Waals surface area contributed by atoms with Crippen molar-refractivity contribution in [1.29, 1.82) is 0 Å². The lowest BCUT2D eigenvalue weighted by molar-refractivity contribution is -0.146. The van der Waals surface area contributed by atoms with E-state index in [4.69, 9.17) is 0 Å². The summed E-state index contributed by atoms with van der Waals surface area (Å²) in [6.07, 6.45) is 6.64. The van der Waals surface area contributed by atoms with Crippen LogP contribution in [0.2, 0.25) is 0 Å². The molecule has 0 radical (unpaired) electrons. The number of rotatable bonds is 4. The van der Waals surface area contributed by atoms with Crippen LogP contribution in [0.5, 0.6) is 0 Å². The van der Waals surface area contributed by atoms with Gasteiger partial charge in [-0.3, -0.25) is 9.78 Å². The van der Waals surface area contributed by atoms with Crippen molar-refractivity contribution in [2.75, 3.05) is 18.0 Å². The monoisotopic (exact) mass is 386 g/mol. The molecule has 2 fully saturated rings.